The van der Waals surface area contributed by atoms with Gasteiger partial charge in [0.15, 0.2) is 0 Å². The lowest BCUT2D eigenvalue weighted by Gasteiger charge is -2.32. The van der Waals surface area contributed by atoms with Gasteiger partial charge in [0, 0.05) is 13.2 Å². The van der Waals surface area contributed by atoms with Gasteiger partial charge in [-0.1, -0.05) is 26.7 Å². The van der Waals surface area contributed by atoms with E-state index in [1.807, 2.05) is 0 Å². The van der Waals surface area contributed by atoms with Gasteiger partial charge in [0.25, 0.3) is 0 Å². The summed E-state index contributed by atoms with van der Waals surface area (Å²) in [5.41, 5.74) is -0.841. The third-order valence-corrected chi connectivity index (χ3v) is 4.87. The second-order valence-corrected chi connectivity index (χ2v) is 5.76. The Bertz CT molecular complexity index is 337. The second kappa shape index (κ2) is 6.91. The first-order valence-corrected chi connectivity index (χ1v) is 7.38. The SMILES string of the molecule is CCC(CC)(CCO)CNC(=O)C1(C#N)CCCC1. The Kier molecular flexibility index (Phi) is 5.81. The molecule has 1 aliphatic rings. The zero-order valence-corrected chi connectivity index (χ0v) is 12.2. The fraction of sp³-hybridized carbons (Fsp3) is 0.867. The number of amides is 1. The van der Waals surface area contributed by atoms with Gasteiger partial charge < -0.3 is 10.4 Å². The molecule has 0 bridgehead atoms. The van der Waals surface area contributed by atoms with Crippen LogP contribution in [0.25, 0.3) is 0 Å². The maximum absolute atomic E-state index is 12.3. The summed E-state index contributed by atoms with van der Waals surface area (Å²) in [6.07, 6.45) is 5.82. The summed E-state index contributed by atoms with van der Waals surface area (Å²) in [4.78, 5) is 12.3. The average Bonchev–Trinajstić information content (AvgIpc) is 2.93. The molecule has 0 aromatic rings. The summed E-state index contributed by atoms with van der Waals surface area (Å²) >= 11 is 0. The second-order valence-electron chi connectivity index (χ2n) is 5.76. The molecule has 4 nitrogen and oxygen atoms in total. The molecule has 0 unspecified atom stereocenters. The monoisotopic (exact) mass is 266 g/mol. The third-order valence-electron chi connectivity index (χ3n) is 4.87. The predicted molar refractivity (Wildman–Crippen MR) is 74.2 cm³/mol. The van der Waals surface area contributed by atoms with Crippen molar-refractivity contribution in [2.75, 3.05) is 13.2 Å². The molecule has 0 aromatic heterocycles. The van der Waals surface area contributed by atoms with E-state index >= 15 is 0 Å². The van der Waals surface area contributed by atoms with Gasteiger partial charge >= 0.3 is 0 Å². The van der Waals surface area contributed by atoms with Crippen molar-refractivity contribution in [3.05, 3.63) is 0 Å². The first kappa shape index (κ1) is 16.0. The minimum atomic E-state index is -0.799. The molecule has 0 aromatic carbocycles. The van der Waals surface area contributed by atoms with Gasteiger partial charge in [0.1, 0.15) is 5.41 Å². The van der Waals surface area contributed by atoms with E-state index in [1.54, 1.807) is 0 Å². The molecular formula is C15H26N2O2. The number of aliphatic hydroxyl groups is 1. The van der Waals surface area contributed by atoms with E-state index in [1.165, 1.54) is 0 Å². The van der Waals surface area contributed by atoms with E-state index in [0.717, 1.165) is 25.7 Å². The van der Waals surface area contributed by atoms with Crippen LogP contribution in [-0.2, 0) is 4.79 Å². The van der Waals surface area contributed by atoms with Crippen LogP contribution in [0.2, 0.25) is 0 Å². The highest BCUT2D eigenvalue weighted by atomic mass is 16.3. The van der Waals surface area contributed by atoms with E-state index < -0.39 is 5.41 Å². The van der Waals surface area contributed by atoms with E-state index in [4.69, 9.17) is 0 Å². The lowest BCUT2D eigenvalue weighted by atomic mass is 9.78. The Balaban J connectivity index is 2.64. The molecule has 1 rings (SSSR count). The molecule has 1 saturated carbocycles. The summed E-state index contributed by atoms with van der Waals surface area (Å²) in [5, 5.41) is 21.4. The first-order valence-electron chi connectivity index (χ1n) is 7.38. The summed E-state index contributed by atoms with van der Waals surface area (Å²) in [5.74, 6) is -0.114. The molecule has 1 aliphatic carbocycles. The normalized spacial score (nSPS) is 18.0. The fourth-order valence-electron chi connectivity index (χ4n) is 2.98. The minimum Gasteiger partial charge on any atom is -0.396 e. The molecule has 2 N–H and O–H groups in total. The van der Waals surface area contributed by atoms with Crippen LogP contribution in [0.5, 0.6) is 0 Å². The maximum Gasteiger partial charge on any atom is 0.240 e. The minimum absolute atomic E-state index is 0.0420. The molecule has 0 heterocycles. The third kappa shape index (κ3) is 3.48. The summed E-state index contributed by atoms with van der Waals surface area (Å²) in [6, 6.07) is 2.22. The van der Waals surface area contributed by atoms with E-state index in [0.29, 0.717) is 25.8 Å². The zero-order chi connectivity index (χ0) is 14.4. The van der Waals surface area contributed by atoms with Gasteiger partial charge in [-0.25, -0.2) is 0 Å². The van der Waals surface area contributed by atoms with E-state index in [-0.39, 0.29) is 17.9 Å². The number of carbonyl (C=O) groups excluding carboxylic acids is 1. The van der Waals surface area contributed by atoms with Crippen LogP contribution < -0.4 is 5.32 Å². The van der Waals surface area contributed by atoms with Crippen molar-refractivity contribution in [3.63, 3.8) is 0 Å². The van der Waals surface area contributed by atoms with Crippen LogP contribution in [0.3, 0.4) is 0 Å². The molecule has 0 aliphatic heterocycles. The molecule has 0 radical (unpaired) electrons. The number of aliphatic hydroxyl groups excluding tert-OH is 1. The van der Waals surface area contributed by atoms with Crippen LogP contribution in [-0.4, -0.2) is 24.2 Å². The Morgan fingerprint density at radius 2 is 1.95 bits per heavy atom. The van der Waals surface area contributed by atoms with Crippen molar-refractivity contribution in [1.82, 2.24) is 5.32 Å². The van der Waals surface area contributed by atoms with Gasteiger partial charge in [0.05, 0.1) is 6.07 Å². The van der Waals surface area contributed by atoms with Crippen LogP contribution in [0.4, 0.5) is 0 Å². The number of rotatable bonds is 7. The largest absolute Gasteiger partial charge is 0.396 e. The standard InChI is InChI=1S/C15H26N2O2/c1-3-14(4-2,9-10-18)12-17-13(19)15(11-16)7-5-6-8-15/h18H,3-10,12H2,1-2H3,(H,17,19). The van der Waals surface area contributed by atoms with Crippen molar-refractivity contribution in [2.24, 2.45) is 10.8 Å². The maximum atomic E-state index is 12.3. The number of nitriles is 1. The van der Waals surface area contributed by atoms with Crippen LogP contribution in [0, 0.1) is 22.2 Å². The number of nitrogens with zero attached hydrogens (tertiary/aromatic N) is 1. The van der Waals surface area contributed by atoms with Crippen molar-refractivity contribution in [1.29, 1.82) is 5.26 Å². The fourth-order valence-corrected chi connectivity index (χ4v) is 2.98. The van der Waals surface area contributed by atoms with Crippen molar-refractivity contribution in [2.45, 2.75) is 58.8 Å². The van der Waals surface area contributed by atoms with Crippen LogP contribution in [0.15, 0.2) is 0 Å². The lowest BCUT2D eigenvalue weighted by molar-refractivity contribution is -0.128. The highest BCUT2D eigenvalue weighted by molar-refractivity contribution is 5.85. The van der Waals surface area contributed by atoms with Crippen molar-refractivity contribution >= 4 is 5.91 Å². The molecule has 4 heteroatoms. The van der Waals surface area contributed by atoms with Gasteiger partial charge in [-0.3, -0.25) is 4.79 Å². The van der Waals surface area contributed by atoms with Gasteiger partial charge in [-0.2, -0.15) is 5.26 Å². The number of hydrogen-bond acceptors (Lipinski definition) is 3. The smallest absolute Gasteiger partial charge is 0.240 e. The number of carbonyl (C=O) groups is 1. The Morgan fingerprint density at radius 1 is 1.37 bits per heavy atom. The van der Waals surface area contributed by atoms with E-state index in [9.17, 15) is 15.2 Å². The molecule has 1 fully saturated rings. The Labute approximate surface area is 116 Å². The summed E-state index contributed by atoms with van der Waals surface area (Å²) < 4.78 is 0. The molecule has 0 atom stereocenters. The Hall–Kier alpha value is -1.08. The van der Waals surface area contributed by atoms with Crippen molar-refractivity contribution < 1.29 is 9.90 Å². The topological polar surface area (TPSA) is 73.1 Å². The van der Waals surface area contributed by atoms with E-state index in [2.05, 4.69) is 25.2 Å². The zero-order valence-electron chi connectivity index (χ0n) is 12.2. The Morgan fingerprint density at radius 3 is 2.37 bits per heavy atom. The quantitative estimate of drug-likeness (QED) is 0.743. The number of nitrogens with one attached hydrogen (secondary N) is 1. The highest BCUT2D eigenvalue weighted by Gasteiger charge is 2.42. The predicted octanol–water partition coefficient (Wildman–Crippen LogP) is 2.38. The summed E-state index contributed by atoms with van der Waals surface area (Å²) in [7, 11) is 0. The molecule has 108 valence electrons. The van der Waals surface area contributed by atoms with Crippen LogP contribution in [0.1, 0.15) is 58.8 Å². The van der Waals surface area contributed by atoms with Crippen molar-refractivity contribution in [3.8, 4) is 6.07 Å². The summed E-state index contributed by atoms with van der Waals surface area (Å²) in [6.45, 7) is 4.87. The van der Waals surface area contributed by atoms with Crippen LogP contribution >= 0.6 is 0 Å². The molecule has 0 saturated heterocycles. The molecule has 19 heavy (non-hydrogen) atoms. The molecule has 1 amide bonds. The lowest BCUT2D eigenvalue weighted by Crippen LogP contribution is -2.44. The van der Waals surface area contributed by atoms with Gasteiger partial charge in [-0.15, -0.1) is 0 Å². The first-order chi connectivity index (χ1) is 9.08. The molecular weight excluding hydrogens is 240 g/mol. The molecule has 0 spiro atoms. The highest BCUT2D eigenvalue weighted by Crippen LogP contribution is 2.38. The van der Waals surface area contributed by atoms with Gasteiger partial charge in [-0.05, 0) is 37.5 Å². The number of hydrogen-bond donors (Lipinski definition) is 2. The van der Waals surface area contributed by atoms with Gasteiger partial charge in [0.2, 0.25) is 5.91 Å². The average molecular weight is 266 g/mol.